The zero-order valence-electron chi connectivity index (χ0n) is 11.4. The molecule has 2 aromatic rings. The first-order chi connectivity index (χ1) is 10.3. The van der Waals surface area contributed by atoms with E-state index in [1.165, 1.54) is 19.2 Å². The Hall–Kier alpha value is -2.57. The van der Waals surface area contributed by atoms with Crippen LogP contribution in [0.25, 0.3) is 0 Å². The summed E-state index contributed by atoms with van der Waals surface area (Å²) in [7, 11) is 1.34. The average Bonchev–Trinajstić information content (AvgIpc) is 2.48. The molecule has 22 heavy (non-hydrogen) atoms. The van der Waals surface area contributed by atoms with E-state index >= 15 is 0 Å². The molecule has 0 atom stereocenters. The van der Waals surface area contributed by atoms with Crippen LogP contribution in [0.2, 0.25) is 0 Å². The minimum atomic E-state index is -4.63. The highest BCUT2D eigenvalue weighted by molar-refractivity contribution is 6.06. The van der Waals surface area contributed by atoms with Gasteiger partial charge in [0.15, 0.2) is 0 Å². The van der Waals surface area contributed by atoms with Crippen molar-refractivity contribution in [3.63, 3.8) is 0 Å². The molecule has 0 fully saturated rings. The lowest BCUT2D eigenvalue weighted by Gasteiger charge is -2.12. The number of anilines is 1. The van der Waals surface area contributed by atoms with E-state index in [0.717, 1.165) is 0 Å². The second-order valence-electron chi connectivity index (χ2n) is 4.35. The fourth-order valence-electron chi connectivity index (χ4n) is 1.82. The summed E-state index contributed by atoms with van der Waals surface area (Å²) in [4.78, 5) is 12.1. The third-order valence-corrected chi connectivity index (χ3v) is 2.89. The Balaban J connectivity index is 2.32. The largest absolute Gasteiger partial charge is 0.496 e. The van der Waals surface area contributed by atoms with E-state index in [1.807, 2.05) is 0 Å². The maximum absolute atomic E-state index is 13.6. The molecule has 1 amide bonds. The number of amides is 1. The molecule has 0 aliphatic heterocycles. The number of hydrogen-bond donors (Lipinski definition) is 1. The Morgan fingerprint density at radius 2 is 1.82 bits per heavy atom. The fraction of sp³-hybridized carbons (Fsp3) is 0.133. The Morgan fingerprint density at radius 3 is 2.45 bits per heavy atom. The van der Waals surface area contributed by atoms with Gasteiger partial charge < -0.3 is 10.1 Å². The molecule has 0 spiro atoms. The van der Waals surface area contributed by atoms with Gasteiger partial charge in [-0.2, -0.15) is 13.2 Å². The topological polar surface area (TPSA) is 38.3 Å². The van der Waals surface area contributed by atoms with E-state index in [0.29, 0.717) is 18.2 Å². The second kappa shape index (κ2) is 6.05. The molecule has 7 heteroatoms. The molecule has 2 aromatic carbocycles. The highest BCUT2D eigenvalue weighted by Crippen LogP contribution is 2.32. The van der Waals surface area contributed by atoms with Gasteiger partial charge >= 0.3 is 6.18 Å². The number of halogens is 4. The summed E-state index contributed by atoms with van der Waals surface area (Å²) >= 11 is 0. The average molecular weight is 313 g/mol. The molecule has 0 aromatic heterocycles. The molecule has 0 heterocycles. The molecule has 0 unspecified atom stereocenters. The van der Waals surface area contributed by atoms with Crippen LogP contribution in [0.5, 0.6) is 5.75 Å². The summed E-state index contributed by atoms with van der Waals surface area (Å²) in [5.41, 5.74) is -1.52. The van der Waals surface area contributed by atoms with E-state index in [2.05, 4.69) is 5.32 Å². The van der Waals surface area contributed by atoms with E-state index < -0.39 is 29.2 Å². The van der Waals surface area contributed by atoms with E-state index in [4.69, 9.17) is 4.74 Å². The first-order valence-corrected chi connectivity index (χ1v) is 6.14. The van der Waals surface area contributed by atoms with Crippen LogP contribution in [0.3, 0.4) is 0 Å². The molecule has 0 aliphatic rings. The number of methoxy groups -OCH3 is 1. The number of benzene rings is 2. The Morgan fingerprint density at radius 1 is 1.14 bits per heavy atom. The van der Waals surface area contributed by atoms with Crippen LogP contribution < -0.4 is 10.1 Å². The SMILES string of the molecule is COc1ccccc1C(=O)Nc1cc(C(F)(F)F)ccc1F. The smallest absolute Gasteiger partial charge is 0.416 e. The standard InChI is InChI=1S/C15H11F4NO2/c1-22-13-5-3-2-4-10(13)14(21)20-12-8-9(15(17,18)19)6-7-11(12)16/h2-8H,1H3,(H,20,21). The number of ether oxygens (including phenoxy) is 1. The van der Waals surface area contributed by atoms with E-state index in [-0.39, 0.29) is 11.3 Å². The lowest BCUT2D eigenvalue weighted by molar-refractivity contribution is -0.137. The maximum Gasteiger partial charge on any atom is 0.416 e. The third-order valence-electron chi connectivity index (χ3n) is 2.89. The molecular formula is C15H11F4NO2. The molecule has 2 rings (SSSR count). The van der Waals surface area contributed by atoms with Crippen molar-refractivity contribution in [2.45, 2.75) is 6.18 Å². The van der Waals surface area contributed by atoms with Crippen LogP contribution in [-0.4, -0.2) is 13.0 Å². The van der Waals surface area contributed by atoms with E-state index in [9.17, 15) is 22.4 Å². The highest BCUT2D eigenvalue weighted by Gasteiger charge is 2.31. The van der Waals surface area contributed by atoms with Crippen LogP contribution in [0.15, 0.2) is 42.5 Å². The Labute approximate surface area is 123 Å². The quantitative estimate of drug-likeness (QED) is 0.866. The van der Waals surface area contributed by atoms with Crippen molar-refractivity contribution >= 4 is 11.6 Å². The van der Waals surface area contributed by atoms with Crippen LogP contribution in [0.1, 0.15) is 15.9 Å². The van der Waals surface area contributed by atoms with Crippen molar-refractivity contribution in [3.8, 4) is 5.75 Å². The molecule has 3 nitrogen and oxygen atoms in total. The number of para-hydroxylation sites is 1. The number of alkyl halides is 3. The fourth-order valence-corrected chi connectivity index (χ4v) is 1.82. The predicted molar refractivity (Wildman–Crippen MR) is 72.3 cm³/mol. The molecule has 0 aliphatic carbocycles. The van der Waals surface area contributed by atoms with Gasteiger partial charge in [-0.3, -0.25) is 4.79 Å². The van der Waals surface area contributed by atoms with Gasteiger partial charge in [0.2, 0.25) is 0 Å². The van der Waals surface area contributed by atoms with Crippen LogP contribution in [0, 0.1) is 5.82 Å². The summed E-state index contributed by atoms with van der Waals surface area (Å²) in [6.45, 7) is 0. The Bertz CT molecular complexity index is 698. The van der Waals surface area contributed by atoms with Gasteiger partial charge in [-0.25, -0.2) is 4.39 Å². The van der Waals surface area contributed by atoms with Crippen LogP contribution in [0.4, 0.5) is 23.2 Å². The minimum Gasteiger partial charge on any atom is -0.496 e. The van der Waals surface area contributed by atoms with Crippen LogP contribution in [-0.2, 0) is 6.18 Å². The van der Waals surface area contributed by atoms with Crippen LogP contribution >= 0.6 is 0 Å². The molecule has 116 valence electrons. The third kappa shape index (κ3) is 3.36. The lowest BCUT2D eigenvalue weighted by atomic mass is 10.1. The second-order valence-corrected chi connectivity index (χ2v) is 4.35. The van der Waals surface area contributed by atoms with Gasteiger partial charge in [0.05, 0.1) is 23.9 Å². The van der Waals surface area contributed by atoms with Crippen molar-refractivity contribution in [1.29, 1.82) is 0 Å². The van der Waals surface area contributed by atoms with Crippen molar-refractivity contribution in [3.05, 3.63) is 59.4 Å². The number of nitrogens with one attached hydrogen (secondary N) is 1. The number of rotatable bonds is 3. The summed E-state index contributed by atoms with van der Waals surface area (Å²) in [6, 6.07) is 7.91. The van der Waals surface area contributed by atoms with Crippen molar-refractivity contribution < 1.29 is 27.1 Å². The molecule has 0 bridgehead atoms. The van der Waals surface area contributed by atoms with Gasteiger partial charge in [0, 0.05) is 0 Å². The molecular weight excluding hydrogens is 302 g/mol. The highest BCUT2D eigenvalue weighted by atomic mass is 19.4. The van der Waals surface area contributed by atoms with Gasteiger partial charge in [-0.15, -0.1) is 0 Å². The van der Waals surface area contributed by atoms with Gasteiger partial charge in [0.1, 0.15) is 11.6 Å². The summed E-state index contributed by atoms with van der Waals surface area (Å²) in [6.07, 6.45) is -4.63. The molecule has 0 saturated heterocycles. The summed E-state index contributed by atoms with van der Waals surface area (Å²) in [5.74, 6) is -1.50. The number of hydrogen-bond acceptors (Lipinski definition) is 2. The number of carbonyl (C=O) groups excluding carboxylic acids is 1. The molecule has 0 saturated carbocycles. The van der Waals surface area contributed by atoms with Gasteiger partial charge in [0.25, 0.3) is 5.91 Å². The summed E-state index contributed by atoms with van der Waals surface area (Å²) in [5, 5.41) is 2.12. The zero-order valence-corrected chi connectivity index (χ0v) is 11.4. The van der Waals surface area contributed by atoms with Crippen molar-refractivity contribution in [2.75, 3.05) is 12.4 Å². The lowest BCUT2D eigenvalue weighted by Crippen LogP contribution is -2.15. The first kappa shape index (κ1) is 15.8. The van der Waals surface area contributed by atoms with E-state index in [1.54, 1.807) is 12.1 Å². The first-order valence-electron chi connectivity index (χ1n) is 6.14. The monoisotopic (exact) mass is 313 g/mol. The molecule has 1 N–H and O–H groups in total. The summed E-state index contributed by atoms with van der Waals surface area (Å²) < 4.78 is 56.5. The molecule has 0 radical (unpaired) electrons. The van der Waals surface area contributed by atoms with Gasteiger partial charge in [-0.05, 0) is 30.3 Å². The normalized spacial score (nSPS) is 11.1. The maximum atomic E-state index is 13.6. The Kier molecular flexibility index (Phi) is 4.35. The van der Waals surface area contributed by atoms with Crippen molar-refractivity contribution in [2.24, 2.45) is 0 Å². The zero-order chi connectivity index (χ0) is 16.3. The van der Waals surface area contributed by atoms with Gasteiger partial charge in [-0.1, -0.05) is 12.1 Å². The number of carbonyl (C=O) groups is 1. The van der Waals surface area contributed by atoms with Crippen molar-refractivity contribution in [1.82, 2.24) is 0 Å². The minimum absolute atomic E-state index is 0.0850. The predicted octanol–water partition coefficient (Wildman–Crippen LogP) is 4.11.